The Morgan fingerprint density at radius 1 is 1.60 bits per heavy atom. The third kappa shape index (κ3) is 3.21. The topological polar surface area (TPSA) is 69.6 Å². The molecule has 1 aromatic carbocycles. The Kier molecular flexibility index (Phi) is 4.11. The molecular weight excluding hydrogens is 262 g/mol. The molecule has 0 bridgehead atoms. The number of phenols is 1. The number of halogens is 1. The lowest BCUT2D eigenvalue weighted by Gasteiger charge is -2.11. The minimum atomic E-state index is -0.407. The molecule has 0 fully saturated rings. The van der Waals surface area contributed by atoms with E-state index in [4.69, 9.17) is 5.11 Å². The van der Waals surface area contributed by atoms with Crippen molar-refractivity contribution in [1.82, 2.24) is 5.32 Å². The molecule has 4 nitrogen and oxygen atoms in total. The largest absolute Gasteiger partial charge is 0.507 e. The summed E-state index contributed by atoms with van der Waals surface area (Å²) >= 11 is 3.21. The molecule has 82 valence electrons. The van der Waals surface area contributed by atoms with Gasteiger partial charge in [-0.05, 0) is 25.1 Å². The number of aliphatic hydroxyl groups excluding tert-OH is 1. The summed E-state index contributed by atoms with van der Waals surface area (Å²) in [6, 6.07) is 4.26. The van der Waals surface area contributed by atoms with Crippen LogP contribution in [0.1, 0.15) is 17.3 Å². The van der Waals surface area contributed by atoms with Gasteiger partial charge in [-0.1, -0.05) is 15.9 Å². The zero-order valence-electron chi connectivity index (χ0n) is 8.20. The van der Waals surface area contributed by atoms with Crippen molar-refractivity contribution in [3.05, 3.63) is 28.2 Å². The number of amides is 1. The van der Waals surface area contributed by atoms with E-state index < -0.39 is 5.91 Å². The van der Waals surface area contributed by atoms with E-state index in [9.17, 15) is 9.90 Å². The Morgan fingerprint density at radius 3 is 2.87 bits per heavy atom. The SMILES string of the molecule is C[C@@H](CO)NC(=O)c1cc(Br)ccc1O. The Labute approximate surface area is 96.1 Å². The average molecular weight is 274 g/mol. The molecule has 1 atom stereocenters. The van der Waals surface area contributed by atoms with Crippen molar-refractivity contribution in [3.63, 3.8) is 0 Å². The van der Waals surface area contributed by atoms with Gasteiger partial charge in [0.2, 0.25) is 0 Å². The summed E-state index contributed by atoms with van der Waals surface area (Å²) in [5.41, 5.74) is 0.185. The van der Waals surface area contributed by atoms with E-state index in [1.165, 1.54) is 12.1 Å². The number of aromatic hydroxyl groups is 1. The van der Waals surface area contributed by atoms with E-state index in [2.05, 4.69) is 21.2 Å². The van der Waals surface area contributed by atoms with Gasteiger partial charge in [0.1, 0.15) is 5.75 Å². The fourth-order valence-electron chi connectivity index (χ4n) is 1.04. The minimum absolute atomic E-state index is 0.0826. The molecule has 0 aromatic heterocycles. The van der Waals surface area contributed by atoms with Gasteiger partial charge in [-0.25, -0.2) is 0 Å². The third-order valence-electron chi connectivity index (χ3n) is 1.85. The van der Waals surface area contributed by atoms with E-state index in [0.717, 1.165) is 0 Å². The maximum absolute atomic E-state index is 11.6. The van der Waals surface area contributed by atoms with Crippen molar-refractivity contribution >= 4 is 21.8 Å². The first-order valence-electron chi connectivity index (χ1n) is 4.45. The normalized spacial score (nSPS) is 12.2. The van der Waals surface area contributed by atoms with Crippen LogP contribution in [0.4, 0.5) is 0 Å². The van der Waals surface area contributed by atoms with Crippen LogP contribution in [0.15, 0.2) is 22.7 Å². The van der Waals surface area contributed by atoms with Crippen LogP contribution in [0.2, 0.25) is 0 Å². The molecule has 0 spiro atoms. The highest BCUT2D eigenvalue weighted by molar-refractivity contribution is 9.10. The van der Waals surface area contributed by atoms with Crippen LogP contribution >= 0.6 is 15.9 Å². The molecule has 1 aromatic rings. The number of rotatable bonds is 3. The smallest absolute Gasteiger partial charge is 0.255 e. The van der Waals surface area contributed by atoms with E-state index in [0.29, 0.717) is 4.47 Å². The average Bonchev–Trinajstić information content (AvgIpc) is 2.21. The van der Waals surface area contributed by atoms with Crippen LogP contribution in [0.25, 0.3) is 0 Å². The number of hydrogen-bond donors (Lipinski definition) is 3. The van der Waals surface area contributed by atoms with Crippen molar-refractivity contribution in [3.8, 4) is 5.75 Å². The van der Waals surface area contributed by atoms with Crippen molar-refractivity contribution in [1.29, 1.82) is 0 Å². The molecule has 0 aliphatic heterocycles. The lowest BCUT2D eigenvalue weighted by Crippen LogP contribution is -2.35. The van der Waals surface area contributed by atoms with Crippen LogP contribution in [-0.4, -0.2) is 28.8 Å². The first-order chi connectivity index (χ1) is 7.04. The Bertz CT molecular complexity index is 368. The number of hydrogen-bond acceptors (Lipinski definition) is 3. The van der Waals surface area contributed by atoms with Crippen LogP contribution < -0.4 is 5.32 Å². The van der Waals surface area contributed by atoms with Crippen LogP contribution in [0.3, 0.4) is 0 Å². The predicted octanol–water partition coefficient (Wildman–Crippen LogP) is 1.27. The fraction of sp³-hybridized carbons (Fsp3) is 0.300. The molecule has 0 heterocycles. The molecule has 0 aliphatic rings. The van der Waals surface area contributed by atoms with Gasteiger partial charge in [-0.3, -0.25) is 4.79 Å². The number of benzene rings is 1. The monoisotopic (exact) mass is 273 g/mol. The van der Waals surface area contributed by atoms with Crippen molar-refractivity contribution in [2.45, 2.75) is 13.0 Å². The summed E-state index contributed by atoms with van der Waals surface area (Å²) in [4.78, 5) is 11.6. The second-order valence-electron chi connectivity index (χ2n) is 3.22. The number of phenolic OH excluding ortho intramolecular Hbond substituents is 1. The molecule has 3 N–H and O–H groups in total. The highest BCUT2D eigenvalue weighted by Gasteiger charge is 2.13. The van der Waals surface area contributed by atoms with Crippen molar-refractivity contribution in [2.24, 2.45) is 0 Å². The fourth-order valence-corrected chi connectivity index (χ4v) is 1.40. The lowest BCUT2D eigenvalue weighted by atomic mass is 10.2. The molecular formula is C10H12BrNO3. The Hall–Kier alpha value is -1.07. The maximum Gasteiger partial charge on any atom is 0.255 e. The molecule has 1 amide bonds. The van der Waals surface area contributed by atoms with Gasteiger partial charge in [0.15, 0.2) is 0 Å². The summed E-state index contributed by atoms with van der Waals surface area (Å²) < 4.78 is 0.710. The first-order valence-corrected chi connectivity index (χ1v) is 5.24. The van der Waals surface area contributed by atoms with Gasteiger partial charge in [0, 0.05) is 10.5 Å². The molecule has 0 aliphatic carbocycles. The number of carbonyl (C=O) groups excluding carboxylic acids is 1. The number of aliphatic hydroxyl groups is 1. The summed E-state index contributed by atoms with van der Waals surface area (Å²) in [5.74, 6) is -0.490. The summed E-state index contributed by atoms with van der Waals surface area (Å²) in [7, 11) is 0. The Morgan fingerprint density at radius 2 is 2.27 bits per heavy atom. The van der Waals surface area contributed by atoms with Gasteiger partial charge in [0.25, 0.3) is 5.91 Å². The predicted molar refractivity (Wildman–Crippen MR) is 59.8 cm³/mol. The summed E-state index contributed by atoms with van der Waals surface area (Å²) in [6.45, 7) is 1.54. The number of nitrogens with one attached hydrogen (secondary N) is 1. The first kappa shape index (κ1) is 12.0. The third-order valence-corrected chi connectivity index (χ3v) is 2.35. The second kappa shape index (κ2) is 5.14. The number of carbonyl (C=O) groups is 1. The minimum Gasteiger partial charge on any atom is -0.507 e. The molecule has 0 radical (unpaired) electrons. The zero-order valence-corrected chi connectivity index (χ0v) is 9.78. The zero-order chi connectivity index (χ0) is 11.4. The molecule has 1 rings (SSSR count). The van der Waals surface area contributed by atoms with Crippen LogP contribution in [-0.2, 0) is 0 Å². The van der Waals surface area contributed by atoms with E-state index in [-0.39, 0.29) is 24.0 Å². The van der Waals surface area contributed by atoms with Gasteiger partial charge in [-0.2, -0.15) is 0 Å². The highest BCUT2D eigenvalue weighted by atomic mass is 79.9. The molecule has 15 heavy (non-hydrogen) atoms. The van der Waals surface area contributed by atoms with Gasteiger partial charge >= 0.3 is 0 Å². The standard InChI is InChI=1S/C10H12BrNO3/c1-6(5-13)12-10(15)8-4-7(11)2-3-9(8)14/h2-4,6,13-14H,5H2,1H3,(H,12,15)/t6-/m0/s1. The molecule has 0 unspecified atom stereocenters. The molecule has 0 saturated heterocycles. The van der Waals surface area contributed by atoms with Crippen molar-refractivity contribution < 1.29 is 15.0 Å². The quantitative estimate of drug-likeness (QED) is 0.777. The van der Waals surface area contributed by atoms with Gasteiger partial charge in [0.05, 0.1) is 12.2 Å². The summed E-state index contributed by atoms with van der Waals surface area (Å²) in [5, 5.41) is 20.8. The van der Waals surface area contributed by atoms with E-state index in [1.807, 2.05) is 0 Å². The lowest BCUT2D eigenvalue weighted by molar-refractivity contribution is 0.0919. The van der Waals surface area contributed by atoms with Gasteiger partial charge < -0.3 is 15.5 Å². The van der Waals surface area contributed by atoms with Gasteiger partial charge in [-0.15, -0.1) is 0 Å². The Balaban J connectivity index is 2.86. The van der Waals surface area contributed by atoms with E-state index in [1.54, 1.807) is 13.0 Å². The maximum atomic E-state index is 11.6. The van der Waals surface area contributed by atoms with Crippen LogP contribution in [0.5, 0.6) is 5.75 Å². The summed E-state index contributed by atoms with van der Waals surface area (Å²) in [6.07, 6.45) is 0. The highest BCUT2D eigenvalue weighted by Crippen LogP contribution is 2.21. The van der Waals surface area contributed by atoms with Crippen LogP contribution in [0, 0.1) is 0 Å². The van der Waals surface area contributed by atoms with E-state index >= 15 is 0 Å². The molecule has 5 heteroatoms. The second-order valence-corrected chi connectivity index (χ2v) is 4.13. The van der Waals surface area contributed by atoms with Crippen molar-refractivity contribution in [2.75, 3.05) is 6.61 Å². The molecule has 0 saturated carbocycles.